The fourth-order valence-corrected chi connectivity index (χ4v) is 5.97. The van der Waals surface area contributed by atoms with E-state index in [0.29, 0.717) is 45.4 Å². The van der Waals surface area contributed by atoms with Crippen LogP contribution >= 0.6 is 0 Å². The highest BCUT2D eigenvalue weighted by molar-refractivity contribution is 7.89. The van der Waals surface area contributed by atoms with Gasteiger partial charge < -0.3 is 10.1 Å². The Morgan fingerprint density at radius 2 is 1.74 bits per heavy atom. The number of carbonyl (C=O) groups excluding carboxylic acids is 1. The van der Waals surface area contributed by atoms with E-state index in [1.54, 1.807) is 42.5 Å². The lowest BCUT2D eigenvalue weighted by Gasteiger charge is -2.40. The molecule has 0 radical (unpaired) electrons. The standard InChI is InChI=1S/C23H27FN2O4S/c24-20-10-8-19(9-11-20)23(12-15-30-16-13-23)25-22(27)18-5-4-14-26(17-18)31(28,29)21-6-2-1-3-7-21/h1-3,6-11,18H,4-5,12-17H2,(H,25,27). The van der Waals surface area contributed by atoms with Crippen LogP contribution in [0, 0.1) is 11.7 Å². The van der Waals surface area contributed by atoms with E-state index in [2.05, 4.69) is 5.32 Å². The zero-order valence-electron chi connectivity index (χ0n) is 17.3. The summed E-state index contributed by atoms with van der Waals surface area (Å²) in [4.78, 5) is 13.5. The number of hydrogen-bond acceptors (Lipinski definition) is 4. The Morgan fingerprint density at radius 3 is 2.42 bits per heavy atom. The largest absolute Gasteiger partial charge is 0.381 e. The van der Waals surface area contributed by atoms with E-state index in [1.165, 1.54) is 16.4 Å². The van der Waals surface area contributed by atoms with E-state index in [9.17, 15) is 17.6 Å². The predicted molar refractivity (Wildman–Crippen MR) is 114 cm³/mol. The summed E-state index contributed by atoms with van der Waals surface area (Å²) >= 11 is 0. The van der Waals surface area contributed by atoms with Gasteiger partial charge in [-0.1, -0.05) is 30.3 Å². The molecule has 166 valence electrons. The number of sulfonamides is 1. The summed E-state index contributed by atoms with van der Waals surface area (Å²) in [6, 6.07) is 14.5. The molecule has 2 aliphatic heterocycles. The molecule has 0 saturated carbocycles. The first kappa shape index (κ1) is 21.9. The lowest BCUT2D eigenvalue weighted by Crippen LogP contribution is -2.53. The molecule has 1 N–H and O–H groups in total. The molecule has 2 heterocycles. The minimum absolute atomic E-state index is 0.152. The Labute approximate surface area is 182 Å². The molecule has 1 unspecified atom stereocenters. The van der Waals surface area contributed by atoms with Gasteiger partial charge in [-0.25, -0.2) is 12.8 Å². The summed E-state index contributed by atoms with van der Waals surface area (Å²) in [5.74, 6) is -0.932. The molecule has 2 aliphatic rings. The third-order valence-electron chi connectivity index (χ3n) is 6.24. The molecule has 2 aromatic carbocycles. The second-order valence-corrected chi connectivity index (χ2v) is 10.1. The van der Waals surface area contributed by atoms with Gasteiger partial charge in [0, 0.05) is 26.3 Å². The lowest BCUT2D eigenvalue weighted by atomic mass is 9.81. The molecule has 2 fully saturated rings. The Morgan fingerprint density at radius 1 is 1.06 bits per heavy atom. The van der Waals surface area contributed by atoms with E-state index in [4.69, 9.17) is 4.74 Å². The van der Waals surface area contributed by atoms with Crippen LogP contribution in [-0.2, 0) is 25.1 Å². The maximum absolute atomic E-state index is 13.5. The number of nitrogens with zero attached hydrogens (tertiary/aromatic N) is 1. The average Bonchev–Trinajstić information content (AvgIpc) is 2.81. The number of carbonyl (C=O) groups is 1. The van der Waals surface area contributed by atoms with Gasteiger partial charge in [-0.05, 0) is 55.5 Å². The van der Waals surface area contributed by atoms with Crippen molar-refractivity contribution in [3.05, 3.63) is 66.0 Å². The third kappa shape index (κ3) is 4.66. The minimum atomic E-state index is -3.64. The summed E-state index contributed by atoms with van der Waals surface area (Å²) in [5.41, 5.74) is 0.207. The first-order valence-electron chi connectivity index (χ1n) is 10.6. The molecule has 6 nitrogen and oxygen atoms in total. The number of nitrogens with one attached hydrogen (secondary N) is 1. The molecule has 4 rings (SSSR count). The molecular formula is C23H27FN2O4S. The van der Waals surface area contributed by atoms with Crippen molar-refractivity contribution in [2.45, 2.75) is 36.1 Å². The molecule has 1 atom stereocenters. The second kappa shape index (κ2) is 9.06. The Balaban J connectivity index is 1.52. The molecule has 0 aliphatic carbocycles. The van der Waals surface area contributed by atoms with Crippen LogP contribution in [0.1, 0.15) is 31.2 Å². The number of rotatable bonds is 5. The molecule has 0 spiro atoms. The Kier molecular flexibility index (Phi) is 6.41. The van der Waals surface area contributed by atoms with E-state index >= 15 is 0 Å². The van der Waals surface area contributed by atoms with Gasteiger partial charge in [-0.15, -0.1) is 0 Å². The maximum Gasteiger partial charge on any atom is 0.243 e. The molecule has 2 aromatic rings. The highest BCUT2D eigenvalue weighted by atomic mass is 32.2. The van der Waals surface area contributed by atoms with Crippen LogP contribution in [0.4, 0.5) is 4.39 Å². The number of amides is 1. The molecule has 31 heavy (non-hydrogen) atoms. The fraction of sp³-hybridized carbons (Fsp3) is 0.435. The van der Waals surface area contributed by atoms with Gasteiger partial charge in [0.1, 0.15) is 5.82 Å². The van der Waals surface area contributed by atoms with Crippen LogP contribution < -0.4 is 5.32 Å². The van der Waals surface area contributed by atoms with Crippen molar-refractivity contribution in [3.8, 4) is 0 Å². The topological polar surface area (TPSA) is 75.7 Å². The van der Waals surface area contributed by atoms with Crippen molar-refractivity contribution in [1.82, 2.24) is 9.62 Å². The van der Waals surface area contributed by atoms with Crippen LogP contribution in [0.3, 0.4) is 0 Å². The zero-order valence-corrected chi connectivity index (χ0v) is 18.1. The second-order valence-electron chi connectivity index (χ2n) is 8.21. The van der Waals surface area contributed by atoms with Crippen molar-refractivity contribution in [1.29, 1.82) is 0 Å². The van der Waals surface area contributed by atoms with Gasteiger partial charge in [-0.3, -0.25) is 4.79 Å². The van der Waals surface area contributed by atoms with Crippen LogP contribution in [0.2, 0.25) is 0 Å². The van der Waals surface area contributed by atoms with E-state index in [1.807, 2.05) is 0 Å². The van der Waals surface area contributed by atoms with Gasteiger partial charge in [0.15, 0.2) is 0 Å². The summed E-state index contributed by atoms with van der Waals surface area (Å²) in [6.45, 7) is 1.55. The summed E-state index contributed by atoms with van der Waals surface area (Å²) < 4.78 is 46.4. The van der Waals surface area contributed by atoms with Crippen LogP contribution in [0.15, 0.2) is 59.5 Å². The average molecular weight is 447 g/mol. The third-order valence-corrected chi connectivity index (χ3v) is 8.12. The number of ether oxygens (including phenoxy) is 1. The molecule has 0 bridgehead atoms. The van der Waals surface area contributed by atoms with Crippen molar-refractivity contribution in [3.63, 3.8) is 0 Å². The van der Waals surface area contributed by atoms with Gasteiger partial charge in [0.05, 0.1) is 16.4 Å². The van der Waals surface area contributed by atoms with E-state index in [0.717, 1.165) is 5.56 Å². The fourth-order valence-electron chi connectivity index (χ4n) is 4.43. The first-order valence-corrected chi connectivity index (χ1v) is 12.1. The van der Waals surface area contributed by atoms with Crippen molar-refractivity contribution in [2.75, 3.05) is 26.3 Å². The number of hydrogen-bond donors (Lipinski definition) is 1. The number of piperidine rings is 1. The molecule has 2 saturated heterocycles. The Bertz CT molecular complexity index is 1010. The van der Waals surface area contributed by atoms with Crippen LogP contribution in [-0.4, -0.2) is 44.9 Å². The minimum Gasteiger partial charge on any atom is -0.381 e. The number of benzene rings is 2. The van der Waals surface area contributed by atoms with Gasteiger partial charge in [-0.2, -0.15) is 4.31 Å². The summed E-state index contributed by atoms with van der Waals surface area (Å²) in [5, 5.41) is 3.19. The van der Waals surface area contributed by atoms with E-state index < -0.39 is 21.5 Å². The first-order chi connectivity index (χ1) is 14.9. The van der Waals surface area contributed by atoms with Crippen molar-refractivity contribution < 1.29 is 22.3 Å². The summed E-state index contributed by atoms with van der Waals surface area (Å²) in [7, 11) is -3.64. The predicted octanol–water partition coefficient (Wildman–Crippen LogP) is 3.05. The quantitative estimate of drug-likeness (QED) is 0.766. The normalized spacial score (nSPS) is 22.0. The zero-order chi connectivity index (χ0) is 21.9. The van der Waals surface area contributed by atoms with Gasteiger partial charge in [0.25, 0.3) is 0 Å². The van der Waals surface area contributed by atoms with Gasteiger partial charge in [0.2, 0.25) is 15.9 Å². The molecule has 1 amide bonds. The Hall–Kier alpha value is -2.29. The number of halogens is 1. The molecule has 8 heteroatoms. The van der Waals surface area contributed by atoms with Crippen LogP contribution in [0.25, 0.3) is 0 Å². The lowest BCUT2D eigenvalue weighted by molar-refractivity contribution is -0.129. The van der Waals surface area contributed by atoms with Gasteiger partial charge >= 0.3 is 0 Å². The SMILES string of the molecule is O=C(NC1(c2ccc(F)cc2)CCOCC1)C1CCCN(S(=O)(=O)c2ccccc2)C1. The molecule has 0 aromatic heterocycles. The van der Waals surface area contributed by atoms with Crippen molar-refractivity contribution >= 4 is 15.9 Å². The monoisotopic (exact) mass is 446 g/mol. The summed E-state index contributed by atoms with van der Waals surface area (Å²) in [6.07, 6.45) is 2.42. The smallest absolute Gasteiger partial charge is 0.243 e. The molecular weight excluding hydrogens is 419 g/mol. The van der Waals surface area contributed by atoms with Crippen LogP contribution in [0.5, 0.6) is 0 Å². The maximum atomic E-state index is 13.5. The van der Waals surface area contributed by atoms with Crippen molar-refractivity contribution in [2.24, 2.45) is 5.92 Å². The highest BCUT2D eigenvalue weighted by Gasteiger charge is 2.39. The van der Waals surface area contributed by atoms with E-state index in [-0.39, 0.29) is 23.2 Å². The highest BCUT2D eigenvalue weighted by Crippen LogP contribution is 2.33.